The molecule has 0 saturated carbocycles. The smallest absolute Gasteiger partial charge is 0.550 e. The molecular weight excluding hydrogens is 153 g/mol. The first-order valence-corrected chi connectivity index (χ1v) is 2.89. The number of nitrogens with zero attached hydrogens (tertiary/aromatic N) is 1. The molecular formula is C7H6NNaO2. The number of hydrogen-bond acceptors (Lipinski definition) is 3. The van der Waals surface area contributed by atoms with Crippen LogP contribution in [0.2, 0.25) is 0 Å². The topological polar surface area (TPSA) is 53.0 Å². The first-order valence-electron chi connectivity index (χ1n) is 2.89. The first-order chi connectivity index (χ1) is 4.79. The van der Waals surface area contributed by atoms with Crippen molar-refractivity contribution in [3.05, 3.63) is 30.1 Å². The third kappa shape index (κ3) is 4.14. The monoisotopic (exact) mass is 159 g/mol. The molecule has 0 aliphatic rings. The van der Waals surface area contributed by atoms with Gasteiger partial charge >= 0.3 is 29.6 Å². The first kappa shape index (κ1) is 10.6. The summed E-state index contributed by atoms with van der Waals surface area (Å²) in [5, 5.41) is 10.0. The van der Waals surface area contributed by atoms with E-state index in [1.54, 1.807) is 24.4 Å². The summed E-state index contributed by atoms with van der Waals surface area (Å²) in [6.07, 6.45) is 1.44. The van der Waals surface area contributed by atoms with E-state index >= 15 is 0 Å². The van der Waals surface area contributed by atoms with Crippen molar-refractivity contribution in [2.75, 3.05) is 0 Å². The van der Waals surface area contributed by atoms with Gasteiger partial charge in [0.15, 0.2) is 0 Å². The van der Waals surface area contributed by atoms with E-state index in [1.807, 2.05) is 0 Å². The summed E-state index contributed by atoms with van der Waals surface area (Å²) in [6.45, 7) is 0. The standard InChI is InChI=1S/C7H7NO2.Na/c9-7(10)5-6-3-1-2-4-8-6;/h1-4H,5H2,(H,9,10);/q;+1/p-1. The minimum absolute atomic E-state index is 0. The Morgan fingerprint density at radius 1 is 1.55 bits per heavy atom. The summed E-state index contributed by atoms with van der Waals surface area (Å²) in [4.78, 5) is 13.8. The SMILES string of the molecule is O=C([O-])Cc1ccccn1.[Na+]. The molecule has 0 radical (unpaired) electrons. The van der Waals surface area contributed by atoms with Gasteiger partial charge < -0.3 is 9.90 Å². The van der Waals surface area contributed by atoms with Crippen LogP contribution in [0.3, 0.4) is 0 Å². The van der Waals surface area contributed by atoms with Crippen molar-refractivity contribution < 1.29 is 39.5 Å². The fourth-order valence-electron chi connectivity index (χ4n) is 0.651. The van der Waals surface area contributed by atoms with Crippen LogP contribution in [0.25, 0.3) is 0 Å². The number of hydrogen-bond donors (Lipinski definition) is 0. The van der Waals surface area contributed by atoms with E-state index < -0.39 is 5.97 Å². The molecule has 0 aliphatic carbocycles. The quantitative estimate of drug-likeness (QED) is 0.418. The Morgan fingerprint density at radius 3 is 2.73 bits per heavy atom. The fourth-order valence-corrected chi connectivity index (χ4v) is 0.651. The maximum absolute atomic E-state index is 10.0. The Labute approximate surface area is 86.8 Å². The minimum Gasteiger partial charge on any atom is -0.550 e. The summed E-state index contributed by atoms with van der Waals surface area (Å²) < 4.78 is 0. The second-order valence-corrected chi connectivity index (χ2v) is 1.87. The second-order valence-electron chi connectivity index (χ2n) is 1.87. The predicted molar refractivity (Wildman–Crippen MR) is 32.9 cm³/mol. The van der Waals surface area contributed by atoms with Crippen molar-refractivity contribution in [1.82, 2.24) is 4.98 Å². The van der Waals surface area contributed by atoms with E-state index in [-0.39, 0.29) is 36.0 Å². The third-order valence-corrected chi connectivity index (χ3v) is 1.05. The van der Waals surface area contributed by atoms with Crippen molar-refractivity contribution in [3.63, 3.8) is 0 Å². The van der Waals surface area contributed by atoms with Crippen molar-refractivity contribution in [2.24, 2.45) is 0 Å². The van der Waals surface area contributed by atoms with Crippen LogP contribution in [0.1, 0.15) is 5.69 Å². The molecule has 0 atom stereocenters. The average Bonchev–Trinajstić information content (AvgIpc) is 1.88. The van der Waals surface area contributed by atoms with Crippen molar-refractivity contribution in [2.45, 2.75) is 6.42 Å². The van der Waals surface area contributed by atoms with Crippen LogP contribution in [0, 0.1) is 0 Å². The number of aliphatic carboxylic acids is 1. The van der Waals surface area contributed by atoms with E-state index in [0.717, 1.165) is 0 Å². The molecule has 0 saturated heterocycles. The van der Waals surface area contributed by atoms with Crippen LogP contribution in [0.5, 0.6) is 0 Å². The molecule has 4 heteroatoms. The normalized spacial score (nSPS) is 8.36. The van der Waals surface area contributed by atoms with Crippen LogP contribution in [-0.4, -0.2) is 11.0 Å². The molecule has 0 spiro atoms. The molecule has 3 nitrogen and oxygen atoms in total. The van der Waals surface area contributed by atoms with Crippen LogP contribution in [0.4, 0.5) is 0 Å². The zero-order valence-electron chi connectivity index (χ0n) is 6.28. The van der Waals surface area contributed by atoms with Crippen LogP contribution < -0.4 is 34.7 Å². The molecule has 0 N–H and O–H groups in total. The number of carboxylic acid groups (broad SMARTS) is 1. The minimum atomic E-state index is -1.10. The van der Waals surface area contributed by atoms with Crippen molar-refractivity contribution in [3.8, 4) is 0 Å². The number of aromatic nitrogens is 1. The summed E-state index contributed by atoms with van der Waals surface area (Å²) >= 11 is 0. The zero-order chi connectivity index (χ0) is 7.40. The molecule has 1 aromatic heterocycles. The Kier molecular flexibility index (Phi) is 5.11. The number of pyridine rings is 1. The van der Waals surface area contributed by atoms with Gasteiger partial charge in [-0.15, -0.1) is 0 Å². The predicted octanol–water partition coefficient (Wildman–Crippen LogP) is -3.62. The van der Waals surface area contributed by atoms with Gasteiger partial charge in [-0.25, -0.2) is 0 Å². The average molecular weight is 159 g/mol. The number of carbonyl (C=O) groups excluding carboxylic acids is 1. The van der Waals surface area contributed by atoms with Gasteiger partial charge in [-0.2, -0.15) is 0 Å². The van der Waals surface area contributed by atoms with Crippen molar-refractivity contribution >= 4 is 5.97 Å². The number of rotatable bonds is 2. The van der Waals surface area contributed by atoms with Gasteiger partial charge in [-0.05, 0) is 12.1 Å². The van der Waals surface area contributed by atoms with Crippen LogP contribution in [0.15, 0.2) is 24.4 Å². The van der Waals surface area contributed by atoms with E-state index in [9.17, 15) is 9.90 Å². The summed E-state index contributed by atoms with van der Waals surface area (Å²) in [7, 11) is 0. The molecule has 11 heavy (non-hydrogen) atoms. The maximum atomic E-state index is 10.0. The molecule has 1 heterocycles. The van der Waals surface area contributed by atoms with Crippen molar-refractivity contribution in [1.29, 1.82) is 0 Å². The molecule has 0 bridgehead atoms. The molecule has 0 unspecified atom stereocenters. The van der Waals surface area contributed by atoms with Gasteiger partial charge in [0, 0.05) is 24.3 Å². The van der Waals surface area contributed by atoms with Crippen LogP contribution in [-0.2, 0) is 11.2 Å². The fraction of sp³-hybridized carbons (Fsp3) is 0.143. The van der Waals surface area contributed by atoms with Gasteiger partial charge in [0.05, 0.1) is 0 Å². The molecule has 0 fully saturated rings. The summed E-state index contributed by atoms with van der Waals surface area (Å²) in [5.41, 5.74) is 0.530. The molecule has 1 aromatic rings. The number of carboxylic acids is 1. The van der Waals surface area contributed by atoms with Gasteiger partial charge in [-0.1, -0.05) is 6.07 Å². The van der Waals surface area contributed by atoms with E-state index in [1.165, 1.54) is 0 Å². The zero-order valence-corrected chi connectivity index (χ0v) is 8.28. The molecule has 1 rings (SSSR count). The third-order valence-electron chi connectivity index (χ3n) is 1.05. The van der Waals surface area contributed by atoms with Gasteiger partial charge in [0.2, 0.25) is 0 Å². The Balaban J connectivity index is 0.000001000. The largest absolute Gasteiger partial charge is 1.00 e. The van der Waals surface area contributed by atoms with Gasteiger partial charge in [0.1, 0.15) is 0 Å². The Morgan fingerprint density at radius 2 is 2.27 bits per heavy atom. The molecule has 0 amide bonds. The maximum Gasteiger partial charge on any atom is 1.00 e. The molecule has 0 aliphatic heterocycles. The van der Waals surface area contributed by atoms with Crippen LogP contribution >= 0.6 is 0 Å². The number of carbonyl (C=O) groups is 1. The Hall–Kier alpha value is -0.380. The molecule has 0 aromatic carbocycles. The molecule has 52 valence electrons. The van der Waals surface area contributed by atoms with Gasteiger partial charge in [-0.3, -0.25) is 4.98 Å². The second kappa shape index (κ2) is 5.29. The van der Waals surface area contributed by atoms with E-state index in [0.29, 0.717) is 5.69 Å². The summed E-state index contributed by atoms with van der Waals surface area (Å²) in [5.74, 6) is -1.10. The van der Waals surface area contributed by atoms with E-state index in [2.05, 4.69) is 4.98 Å². The Bertz CT molecular complexity index is 225. The summed E-state index contributed by atoms with van der Waals surface area (Å²) in [6, 6.07) is 5.12. The van der Waals surface area contributed by atoms with Gasteiger partial charge in [0.25, 0.3) is 0 Å². The van der Waals surface area contributed by atoms with E-state index in [4.69, 9.17) is 0 Å².